The Kier molecular flexibility index (Phi) is 8.39. The third kappa shape index (κ3) is 6.56. The Morgan fingerprint density at radius 1 is 0.897 bits per heavy atom. The van der Waals surface area contributed by atoms with Crippen molar-refractivity contribution >= 4 is 40.1 Å². The van der Waals surface area contributed by atoms with E-state index in [0.717, 1.165) is 16.9 Å². The van der Waals surface area contributed by atoms with Crippen LogP contribution in [0.2, 0.25) is 0 Å². The Bertz CT molecular complexity index is 1390. The number of nitrogens with one attached hydrogen (secondary N) is 1. The highest BCUT2D eigenvalue weighted by atomic mass is 32.2. The summed E-state index contributed by atoms with van der Waals surface area (Å²) in [6.07, 6.45) is 0.0846. The summed E-state index contributed by atoms with van der Waals surface area (Å²) in [6.45, 7) is 0.405. The minimum Gasteiger partial charge on any atom is -0.497 e. The Labute approximate surface area is 232 Å². The summed E-state index contributed by atoms with van der Waals surface area (Å²) in [5.41, 5.74) is 3.58. The summed E-state index contributed by atoms with van der Waals surface area (Å²) in [5.74, 6) is 0.305. The molecule has 4 aromatic rings. The van der Waals surface area contributed by atoms with E-state index in [-0.39, 0.29) is 24.2 Å². The van der Waals surface area contributed by atoms with E-state index in [1.54, 1.807) is 12.0 Å². The topological polar surface area (TPSA) is 71.0 Å². The number of aliphatic imine (C=N–C) groups is 1. The van der Waals surface area contributed by atoms with Crippen LogP contribution in [0.5, 0.6) is 5.75 Å². The van der Waals surface area contributed by atoms with E-state index in [9.17, 15) is 9.59 Å². The van der Waals surface area contributed by atoms with Gasteiger partial charge in [-0.2, -0.15) is 0 Å². The molecule has 6 nitrogen and oxygen atoms in total. The van der Waals surface area contributed by atoms with Gasteiger partial charge in [0.25, 0.3) is 0 Å². The first-order valence-corrected chi connectivity index (χ1v) is 13.6. The van der Waals surface area contributed by atoms with Crippen LogP contribution in [0.25, 0.3) is 0 Å². The number of amides is 2. The lowest BCUT2D eigenvalue weighted by molar-refractivity contribution is -0.129. The van der Waals surface area contributed by atoms with E-state index >= 15 is 0 Å². The van der Waals surface area contributed by atoms with E-state index < -0.39 is 5.25 Å². The number of rotatable bonds is 8. The minimum atomic E-state index is -0.599. The SMILES string of the molecule is COc1ccc(N=C2SC(C(=O)Nc3ccccc3)CC(=O)N2CC(c2ccccc2)c2ccccc2)cc1. The summed E-state index contributed by atoms with van der Waals surface area (Å²) >= 11 is 1.32. The molecule has 0 bridgehead atoms. The first kappa shape index (κ1) is 26.3. The summed E-state index contributed by atoms with van der Waals surface area (Å²) in [6, 6.07) is 36.9. The molecule has 0 aromatic heterocycles. The van der Waals surface area contributed by atoms with Gasteiger partial charge in [0.15, 0.2) is 5.17 Å². The lowest BCUT2D eigenvalue weighted by Gasteiger charge is -2.34. The highest BCUT2D eigenvalue weighted by Gasteiger charge is 2.37. The van der Waals surface area contributed by atoms with Crippen molar-refractivity contribution in [1.82, 2.24) is 4.90 Å². The van der Waals surface area contributed by atoms with Crippen LogP contribution in [0, 0.1) is 0 Å². The van der Waals surface area contributed by atoms with Crippen LogP contribution >= 0.6 is 11.8 Å². The molecule has 1 heterocycles. The number of hydrogen-bond acceptors (Lipinski definition) is 5. The highest BCUT2D eigenvalue weighted by Crippen LogP contribution is 2.34. The maximum Gasteiger partial charge on any atom is 0.238 e. The van der Waals surface area contributed by atoms with Crippen LogP contribution in [-0.4, -0.2) is 40.8 Å². The van der Waals surface area contributed by atoms with E-state index in [2.05, 4.69) is 29.6 Å². The number of methoxy groups -OCH3 is 1. The van der Waals surface area contributed by atoms with Gasteiger partial charge in [-0.15, -0.1) is 0 Å². The smallest absolute Gasteiger partial charge is 0.238 e. The second-order valence-corrected chi connectivity index (χ2v) is 10.3. The number of anilines is 1. The van der Waals surface area contributed by atoms with Gasteiger partial charge in [0, 0.05) is 24.6 Å². The number of para-hydroxylation sites is 1. The molecule has 1 atom stereocenters. The molecule has 1 aliphatic heterocycles. The highest BCUT2D eigenvalue weighted by molar-refractivity contribution is 8.15. The predicted molar refractivity (Wildman–Crippen MR) is 158 cm³/mol. The van der Waals surface area contributed by atoms with Crippen LogP contribution in [0.1, 0.15) is 23.5 Å². The molecule has 0 aliphatic carbocycles. The van der Waals surface area contributed by atoms with E-state index in [1.807, 2.05) is 91.0 Å². The quantitative estimate of drug-likeness (QED) is 0.280. The zero-order valence-electron chi connectivity index (χ0n) is 21.6. The second-order valence-electron chi connectivity index (χ2n) is 9.14. The van der Waals surface area contributed by atoms with E-state index in [0.29, 0.717) is 23.1 Å². The molecular formula is C32H29N3O3S. The zero-order valence-corrected chi connectivity index (χ0v) is 22.4. The number of ether oxygens (including phenoxy) is 1. The maximum atomic E-state index is 13.7. The minimum absolute atomic E-state index is 0.0623. The summed E-state index contributed by atoms with van der Waals surface area (Å²) in [5, 5.41) is 2.84. The molecule has 196 valence electrons. The van der Waals surface area contributed by atoms with Crippen molar-refractivity contribution in [2.45, 2.75) is 17.6 Å². The number of amidine groups is 1. The molecule has 1 fully saturated rings. The standard InChI is InChI=1S/C32H29N3O3S/c1-38-27-19-17-26(18-20-27)34-32-35(22-28(23-11-5-2-6-12-23)24-13-7-3-8-14-24)30(36)21-29(39-32)31(37)33-25-15-9-4-10-16-25/h2-20,28-29H,21-22H2,1H3,(H,33,37). The lowest BCUT2D eigenvalue weighted by Crippen LogP contribution is -2.46. The molecule has 0 radical (unpaired) electrons. The van der Waals surface area contributed by atoms with Crippen molar-refractivity contribution in [2.24, 2.45) is 4.99 Å². The molecule has 2 amide bonds. The van der Waals surface area contributed by atoms with Gasteiger partial charge in [0.2, 0.25) is 11.8 Å². The second kappa shape index (κ2) is 12.5. The Morgan fingerprint density at radius 3 is 2.03 bits per heavy atom. The third-order valence-corrected chi connectivity index (χ3v) is 7.73. The number of carbonyl (C=O) groups excluding carboxylic acids is 2. The summed E-state index contributed by atoms with van der Waals surface area (Å²) < 4.78 is 5.28. The van der Waals surface area contributed by atoms with Crippen molar-refractivity contribution in [3.8, 4) is 5.75 Å². The van der Waals surface area contributed by atoms with Crippen LogP contribution < -0.4 is 10.1 Å². The largest absolute Gasteiger partial charge is 0.497 e. The third-order valence-electron chi connectivity index (χ3n) is 6.54. The average Bonchev–Trinajstić information content (AvgIpc) is 2.98. The first-order chi connectivity index (χ1) is 19.1. The van der Waals surface area contributed by atoms with Crippen molar-refractivity contribution in [3.05, 3.63) is 126 Å². The van der Waals surface area contributed by atoms with Crippen molar-refractivity contribution in [2.75, 3.05) is 19.0 Å². The van der Waals surface area contributed by atoms with Crippen molar-refractivity contribution < 1.29 is 14.3 Å². The lowest BCUT2D eigenvalue weighted by atomic mass is 9.90. The fraction of sp³-hybridized carbons (Fsp3) is 0.156. The molecule has 0 spiro atoms. The molecule has 39 heavy (non-hydrogen) atoms. The summed E-state index contributed by atoms with van der Waals surface area (Å²) in [7, 11) is 1.61. The molecule has 0 saturated carbocycles. The monoisotopic (exact) mass is 535 g/mol. The predicted octanol–water partition coefficient (Wildman–Crippen LogP) is 6.49. The van der Waals surface area contributed by atoms with E-state index in [4.69, 9.17) is 9.73 Å². The van der Waals surface area contributed by atoms with Crippen molar-refractivity contribution in [3.63, 3.8) is 0 Å². The normalized spacial score (nSPS) is 16.4. The number of nitrogens with zero attached hydrogens (tertiary/aromatic N) is 2. The zero-order chi connectivity index (χ0) is 27.0. The molecule has 5 rings (SSSR count). The molecule has 4 aromatic carbocycles. The van der Waals surface area contributed by atoms with Crippen LogP contribution in [0.15, 0.2) is 120 Å². The number of thioether (sulfide) groups is 1. The van der Waals surface area contributed by atoms with Gasteiger partial charge >= 0.3 is 0 Å². The average molecular weight is 536 g/mol. The molecule has 7 heteroatoms. The van der Waals surface area contributed by atoms with Gasteiger partial charge in [0.05, 0.1) is 12.8 Å². The van der Waals surface area contributed by atoms with Gasteiger partial charge in [-0.1, -0.05) is 90.6 Å². The number of benzene rings is 4. The van der Waals surface area contributed by atoms with Gasteiger partial charge in [-0.3, -0.25) is 14.5 Å². The van der Waals surface area contributed by atoms with Crippen molar-refractivity contribution in [1.29, 1.82) is 0 Å². The summed E-state index contributed by atoms with van der Waals surface area (Å²) in [4.78, 5) is 33.5. The Hall–Kier alpha value is -4.36. The van der Waals surface area contributed by atoms with Crippen LogP contribution in [0.3, 0.4) is 0 Å². The fourth-order valence-corrected chi connectivity index (χ4v) is 5.60. The molecule has 1 saturated heterocycles. The Balaban J connectivity index is 1.47. The molecule has 1 N–H and O–H groups in total. The molecule has 1 aliphatic rings. The van der Waals surface area contributed by atoms with E-state index in [1.165, 1.54) is 11.8 Å². The fourth-order valence-electron chi connectivity index (χ4n) is 4.49. The van der Waals surface area contributed by atoms with Gasteiger partial charge in [-0.05, 0) is 47.5 Å². The number of carbonyl (C=O) groups is 2. The number of hydrogen-bond donors (Lipinski definition) is 1. The maximum absolute atomic E-state index is 13.7. The molecular weight excluding hydrogens is 506 g/mol. The first-order valence-electron chi connectivity index (χ1n) is 12.8. The van der Waals surface area contributed by atoms with Gasteiger partial charge in [-0.25, -0.2) is 4.99 Å². The van der Waals surface area contributed by atoms with Gasteiger partial charge < -0.3 is 10.1 Å². The Morgan fingerprint density at radius 2 is 1.46 bits per heavy atom. The van der Waals surface area contributed by atoms with Gasteiger partial charge in [0.1, 0.15) is 11.0 Å². The molecule has 1 unspecified atom stereocenters. The van der Waals surface area contributed by atoms with Crippen LogP contribution in [0.4, 0.5) is 11.4 Å². The van der Waals surface area contributed by atoms with Crippen LogP contribution in [-0.2, 0) is 9.59 Å².